The Balaban J connectivity index is 1.75. The highest BCUT2D eigenvalue weighted by atomic mass is 32.1. The number of hydrogen-bond acceptors (Lipinski definition) is 5. The van der Waals surface area contributed by atoms with E-state index in [2.05, 4.69) is 24.1 Å². The number of thiazole rings is 1. The lowest BCUT2D eigenvalue weighted by Gasteiger charge is -2.36. The van der Waals surface area contributed by atoms with Crippen molar-refractivity contribution in [1.29, 1.82) is 0 Å². The molecule has 0 radical (unpaired) electrons. The van der Waals surface area contributed by atoms with Gasteiger partial charge < -0.3 is 15.0 Å². The van der Waals surface area contributed by atoms with Gasteiger partial charge in [-0.25, -0.2) is 4.98 Å². The fourth-order valence-electron chi connectivity index (χ4n) is 2.96. The number of nitrogens with one attached hydrogen (secondary N) is 1. The molecule has 2 aliphatic rings. The second kappa shape index (κ2) is 6.63. The monoisotopic (exact) mass is 309 g/mol. The van der Waals surface area contributed by atoms with Gasteiger partial charge in [-0.15, -0.1) is 11.3 Å². The lowest BCUT2D eigenvalue weighted by Crippen LogP contribution is -2.41. The molecule has 1 aromatic rings. The molecule has 2 unspecified atom stereocenters. The third kappa shape index (κ3) is 3.76. The first-order chi connectivity index (χ1) is 10.2. The Kier molecular flexibility index (Phi) is 4.82. The van der Waals surface area contributed by atoms with Crippen LogP contribution in [0.5, 0.6) is 0 Å². The molecule has 21 heavy (non-hydrogen) atoms. The lowest BCUT2D eigenvalue weighted by atomic mass is 9.96. The first-order valence-electron chi connectivity index (χ1n) is 8.15. The molecule has 4 nitrogen and oxygen atoms in total. The van der Waals surface area contributed by atoms with E-state index in [0.717, 1.165) is 30.7 Å². The van der Waals surface area contributed by atoms with Gasteiger partial charge in [0.25, 0.3) is 0 Å². The summed E-state index contributed by atoms with van der Waals surface area (Å²) in [6.07, 6.45) is 5.26. The van der Waals surface area contributed by atoms with Crippen LogP contribution in [0.2, 0.25) is 0 Å². The van der Waals surface area contributed by atoms with E-state index in [9.17, 15) is 0 Å². The van der Waals surface area contributed by atoms with Crippen LogP contribution in [0, 0.1) is 5.92 Å². The Morgan fingerprint density at radius 3 is 2.81 bits per heavy atom. The Bertz CT molecular complexity index is 472. The Morgan fingerprint density at radius 1 is 1.29 bits per heavy atom. The van der Waals surface area contributed by atoms with E-state index in [1.165, 1.54) is 35.7 Å². The van der Waals surface area contributed by atoms with Crippen molar-refractivity contribution < 1.29 is 4.74 Å². The summed E-state index contributed by atoms with van der Waals surface area (Å²) in [6, 6.07) is 1.34. The predicted octanol–water partition coefficient (Wildman–Crippen LogP) is 3.17. The minimum Gasteiger partial charge on any atom is -0.378 e. The summed E-state index contributed by atoms with van der Waals surface area (Å²) in [5.74, 6) is 0.768. The van der Waals surface area contributed by atoms with Crippen molar-refractivity contribution in [2.24, 2.45) is 5.92 Å². The summed E-state index contributed by atoms with van der Waals surface area (Å²) >= 11 is 1.85. The zero-order chi connectivity index (χ0) is 14.8. The molecule has 2 atom stereocenters. The van der Waals surface area contributed by atoms with Gasteiger partial charge in [0.2, 0.25) is 0 Å². The average molecular weight is 309 g/mol. The Hall–Kier alpha value is -0.650. The summed E-state index contributed by atoms with van der Waals surface area (Å²) in [4.78, 5) is 8.74. The van der Waals surface area contributed by atoms with Crippen molar-refractivity contribution in [2.45, 2.75) is 64.8 Å². The number of aromatic nitrogens is 1. The molecule has 0 spiro atoms. The standard InChI is InChI=1S/C16H27N3OS/c1-11-4-5-12(2)19(9-11)16-18-14(10-20-3)15(21-16)8-17-13-6-7-13/h11-13,17H,4-10H2,1-3H3. The number of rotatable bonds is 6. The molecule has 1 aliphatic carbocycles. The molecule has 3 rings (SSSR count). The van der Waals surface area contributed by atoms with Crippen LogP contribution in [0.1, 0.15) is 50.1 Å². The second-order valence-electron chi connectivity index (χ2n) is 6.64. The highest BCUT2D eigenvalue weighted by molar-refractivity contribution is 7.15. The molecule has 2 fully saturated rings. The highest BCUT2D eigenvalue weighted by Crippen LogP contribution is 2.33. The van der Waals surface area contributed by atoms with Crippen molar-refractivity contribution in [3.63, 3.8) is 0 Å². The van der Waals surface area contributed by atoms with E-state index in [4.69, 9.17) is 9.72 Å². The van der Waals surface area contributed by atoms with Crippen LogP contribution in [-0.4, -0.2) is 30.7 Å². The van der Waals surface area contributed by atoms with Crippen molar-refractivity contribution in [2.75, 3.05) is 18.6 Å². The number of ether oxygens (including phenoxy) is 1. The maximum absolute atomic E-state index is 5.34. The van der Waals surface area contributed by atoms with Gasteiger partial charge in [0.05, 0.1) is 12.3 Å². The fraction of sp³-hybridized carbons (Fsp3) is 0.812. The van der Waals surface area contributed by atoms with Crippen LogP contribution in [0.4, 0.5) is 5.13 Å². The maximum Gasteiger partial charge on any atom is 0.186 e. The van der Waals surface area contributed by atoms with Gasteiger partial charge in [0.15, 0.2) is 5.13 Å². The second-order valence-corrected chi connectivity index (χ2v) is 7.70. The summed E-state index contributed by atoms with van der Waals surface area (Å²) in [5, 5.41) is 4.79. The zero-order valence-corrected chi connectivity index (χ0v) is 14.2. The number of piperidine rings is 1. The summed E-state index contributed by atoms with van der Waals surface area (Å²) in [6.45, 7) is 7.37. The van der Waals surface area contributed by atoms with Gasteiger partial charge in [-0.05, 0) is 38.5 Å². The fourth-order valence-corrected chi connectivity index (χ4v) is 4.09. The van der Waals surface area contributed by atoms with Crippen LogP contribution < -0.4 is 10.2 Å². The van der Waals surface area contributed by atoms with Crippen LogP contribution in [0.25, 0.3) is 0 Å². The van der Waals surface area contributed by atoms with Crippen LogP contribution in [0.15, 0.2) is 0 Å². The molecular formula is C16H27N3OS. The van der Waals surface area contributed by atoms with Gasteiger partial charge >= 0.3 is 0 Å². The molecule has 2 heterocycles. The number of methoxy groups -OCH3 is 1. The molecule has 1 aromatic heterocycles. The van der Waals surface area contributed by atoms with Gasteiger partial charge in [0, 0.05) is 37.2 Å². The quantitative estimate of drug-likeness (QED) is 0.876. The summed E-state index contributed by atoms with van der Waals surface area (Å²) in [5.41, 5.74) is 1.12. The van der Waals surface area contributed by atoms with Crippen molar-refractivity contribution in [1.82, 2.24) is 10.3 Å². The molecule has 0 amide bonds. The molecule has 1 aliphatic heterocycles. The highest BCUT2D eigenvalue weighted by Gasteiger charge is 2.27. The first-order valence-corrected chi connectivity index (χ1v) is 8.96. The number of hydrogen-bond donors (Lipinski definition) is 1. The van der Waals surface area contributed by atoms with Gasteiger partial charge in [-0.2, -0.15) is 0 Å². The van der Waals surface area contributed by atoms with Crippen molar-refractivity contribution >= 4 is 16.5 Å². The van der Waals surface area contributed by atoms with Crippen LogP contribution in [-0.2, 0) is 17.9 Å². The van der Waals surface area contributed by atoms with E-state index >= 15 is 0 Å². The smallest absolute Gasteiger partial charge is 0.186 e. The van der Waals surface area contributed by atoms with E-state index in [0.29, 0.717) is 12.6 Å². The Morgan fingerprint density at radius 2 is 2.10 bits per heavy atom. The number of nitrogens with zero attached hydrogens (tertiary/aromatic N) is 2. The summed E-state index contributed by atoms with van der Waals surface area (Å²) < 4.78 is 5.34. The van der Waals surface area contributed by atoms with Gasteiger partial charge in [-0.1, -0.05) is 6.92 Å². The largest absolute Gasteiger partial charge is 0.378 e. The Labute approximate surface area is 131 Å². The zero-order valence-electron chi connectivity index (χ0n) is 13.4. The molecule has 5 heteroatoms. The SMILES string of the molecule is COCc1nc(N2CC(C)CCC2C)sc1CNC1CC1. The molecule has 118 valence electrons. The first kappa shape index (κ1) is 15.3. The topological polar surface area (TPSA) is 37.4 Å². The number of anilines is 1. The summed E-state index contributed by atoms with van der Waals surface area (Å²) in [7, 11) is 1.75. The van der Waals surface area contributed by atoms with E-state index in [-0.39, 0.29) is 0 Å². The maximum atomic E-state index is 5.34. The average Bonchev–Trinajstić information content (AvgIpc) is 3.21. The van der Waals surface area contributed by atoms with Gasteiger partial charge in [0.1, 0.15) is 0 Å². The minimum absolute atomic E-state index is 0.604. The minimum atomic E-state index is 0.604. The van der Waals surface area contributed by atoms with Crippen LogP contribution >= 0.6 is 11.3 Å². The molecule has 0 aromatic carbocycles. The van der Waals surface area contributed by atoms with Crippen LogP contribution in [0.3, 0.4) is 0 Å². The van der Waals surface area contributed by atoms with E-state index in [1.807, 2.05) is 11.3 Å². The normalized spacial score (nSPS) is 26.3. The molecule has 0 bridgehead atoms. The predicted molar refractivity (Wildman–Crippen MR) is 87.9 cm³/mol. The van der Waals surface area contributed by atoms with Crippen molar-refractivity contribution in [3.8, 4) is 0 Å². The van der Waals surface area contributed by atoms with Crippen molar-refractivity contribution in [3.05, 3.63) is 10.6 Å². The van der Waals surface area contributed by atoms with E-state index < -0.39 is 0 Å². The molecule has 1 saturated carbocycles. The molecular weight excluding hydrogens is 282 g/mol. The molecule has 1 N–H and O–H groups in total. The van der Waals surface area contributed by atoms with E-state index in [1.54, 1.807) is 7.11 Å². The molecule has 1 saturated heterocycles. The lowest BCUT2D eigenvalue weighted by molar-refractivity contribution is 0.181. The van der Waals surface area contributed by atoms with Gasteiger partial charge in [-0.3, -0.25) is 0 Å². The third-order valence-corrected chi connectivity index (χ3v) is 5.67. The third-order valence-electron chi connectivity index (χ3n) is 4.54.